The Hall–Kier alpha value is -4.05. The van der Waals surface area contributed by atoms with Crippen LogP contribution in [0.25, 0.3) is 22.2 Å². The van der Waals surface area contributed by atoms with E-state index in [4.69, 9.17) is 21.1 Å². The number of rotatable bonds is 9. The second kappa shape index (κ2) is 12.6. The third-order valence-corrected chi connectivity index (χ3v) is 7.57. The highest BCUT2D eigenvalue weighted by Crippen LogP contribution is 2.29. The fraction of sp³-hybridized carbons (Fsp3) is 0.367. The van der Waals surface area contributed by atoms with E-state index in [1.54, 1.807) is 54.5 Å². The lowest BCUT2D eigenvalue weighted by Gasteiger charge is -2.28. The summed E-state index contributed by atoms with van der Waals surface area (Å²) >= 11 is 6.36. The minimum absolute atomic E-state index is 0.00699. The lowest BCUT2D eigenvalue weighted by molar-refractivity contribution is -0.144. The van der Waals surface area contributed by atoms with Gasteiger partial charge in [0.05, 0.1) is 61.3 Å². The predicted octanol–water partition coefficient (Wildman–Crippen LogP) is 5.58. The zero-order valence-corrected chi connectivity index (χ0v) is 23.7. The van der Waals surface area contributed by atoms with Crippen molar-refractivity contribution in [2.24, 2.45) is 5.92 Å². The fourth-order valence-corrected chi connectivity index (χ4v) is 5.51. The van der Waals surface area contributed by atoms with Crippen molar-refractivity contribution in [1.82, 2.24) is 25.1 Å². The summed E-state index contributed by atoms with van der Waals surface area (Å²) in [6.07, 6.45) is 8.55. The molecule has 0 aliphatic heterocycles. The maximum Gasteiger partial charge on any atom is 0.306 e. The van der Waals surface area contributed by atoms with Crippen LogP contribution in [0.2, 0.25) is 5.02 Å². The molecule has 0 spiro atoms. The molecule has 2 aromatic heterocycles. The van der Waals surface area contributed by atoms with E-state index < -0.39 is 5.82 Å². The minimum Gasteiger partial charge on any atom is -0.494 e. The first-order valence-electron chi connectivity index (χ1n) is 13.6. The van der Waals surface area contributed by atoms with E-state index in [2.05, 4.69) is 20.4 Å². The highest BCUT2D eigenvalue weighted by molar-refractivity contribution is 6.32. The highest BCUT2D eigenvalue weighted by Gasteiger charge is 2.26. The van der Waals surface area contributed by atoms with Crippen LogP contribution in [0.4, 0.5) is 4.39 Å². The minimum atomic E-state index is -0.479. The van der Waals surface area contributed by atoms with Crippen LogP contribution < -0.4 is 10.1 Å². The molecule has 214 valence electrons. The molecule has 0 atom stereocenters. The van der Waals surface area contributed by atoms with E-state index in [-0.39, 0.29) is 36.1 Å². The lowest BCUT2D eigenvalue weighted by atomic mass is 9.84. The molecule has 1 aliphatic carbocycles. The van der Waals surface area contributed by atoms with Gasteiger partial charge in [-0.2, -0.15) is 5.10 Å². The molecular formula is C30H31ClFN5O4. The van der Waals surface area contributed by atoms with Gasteiger partial charge < -0.3 is 14.8 Å². The van der Waals surface area contributed by atoms with E-state index in [0.29, 0.717) is 46.1 Å². The van der Waals surface area contributed by atoms with Gasteiger partial charge in [0.25, 0.3) is 5.91 Å². The second-order valence-corrected chi connectivity index (χ2v) is 10.6. The standard InChI is InChI=1S/C30H31ClFN5O4/c1-3-41-28(38)10-18-4-7-22(8-5-18)36-30(39)24-13-21(31)11-20-14-35-37(29(20)24)17-23-15-34-26(16-33-23)19-6-9-27(40-2)25(32)12-19/h6,9,11-16,18,22H,3-5,7-8,10,17H2,1-2H3,(H,36,39). The van der Waals surface area contributed by atoms with Crippen molar-refractivity contribution in [1.29, 1.82) is 0 Å². The van der Waals surface area contributed by atoms with Gasteiger partial charge in [0.1, 0.15) is 0 Å². The van der Waals surface area contributed by atoms with Crippen LogP contribution in [0, 0.1) is 11.7 Å². The number of fused-ring (bicyclic) bond motifs is 1. The van der Waals surface area contributed by atoms with E-state index in [1.165, 1.54) is 13.2 Å². The van der Waals surface area contributed by atoms with E-state index in [9.17, 15) is 14.0 Å². The Morgan fingerprint density at radius 3 is 2.59 bits per heavy atom. The summed E-state index contributed by atoms with van der Waals surface area (Å²) in [5, 5.41) is 8.81. The zero-order valence-electron chi connectivity index (χ0n) is 22.9. The summed E-state index contributed by atoms with van der Waals surface area (Å²) in [6.45, 7) is 2.46. The van der Waals surface area contributed by atoms with Gasteiger partial charge in [-0.05, 0) is 68.9 Å². The summed E-state index contributed by atoms with van der Waals surface area (Å²) < 4.78 is 25.9. The molecule has 4 aromatic rings. The number of benzene rings is 2. The maximum absolute atomic E-state index is 14.1. The van der Waals surface area contributed by atoms with Crippen molar-refractivity contribution in [2.75, 3.05) is 13.7 Å². The smallest absolute Gasteiger partial charge is 0.306 e. The number of ether oxygens (including phenoxy) is 2. The van der Waals surface area contributed by atoms with Gasteiger partial charge in [-0.15, -0.1) is 0 Å². The van der Waals surface area contributed by atoms with Crippen molar-refractivity contribution in [3.8, 4) is 17.0 Å². The largest absolute Gasteiger partial charge is 0.494 e. The van der Waals surface area contributed by atoms with Crippen LogP contribution >= 0.6 is 11.6 Å². The number of carbonyl (C=O) groups excluding carboxylic acids is 2. The average Bonchev–Trinajstić information content (AvgIpc) is 3.36. The number of hydrogen-bond acceptors (Lipinski definition) is 7. The number of hydrogen-bond donors (Lipinski definition) is 1. The zero-order chi connectivity index (χ0) is 28.9. The van der Waals surface area contributed by atoms with Crippen LogP contribution in [0.1, 0.15) is 55.1 Å². The third kappa shape index (κ3) is 6.65. The topological polar surface area (TPSA) is 108 Å². The number of aromatic nitrogens is 4. The van der Waals surface area contributed by atoms with Gasteiger partial charge in [0.2, 0.25) is 0 Å². The normalized spacial score (nSPS) is 16.9. The first-order valence-corrected chi connectivity index (χ1v) is 14.0. The number of amides is 1. The van der Waals surface area contributed by atoms with Gasteiger partial charge in [0.15, 0.2) is 11.6 Å². The van der Waals surface area contributed by atoms with Crippen LogP contribution in [0.5, 0.6) is 5.75 Å². The predicted molar refractivity (Wildman–Crippen MR) is 152 cm³/mol. The van der Waals surface area contributed by atoms with E-state index >= 15 is 0 Å². The number of esters is 1. The van der Waals surface area contributed by atoms with Crippen LogP contribution in [-0.4, -0.2) is 51.4 Å². The van der Waals surface area contributed by atoms with Crippen molar-refractivity contribution in [3.05, 3.63) is 71.0 Å². The van der Waals surface area contributed by atoms with Crippen LogP contribution in [0.3, 0.4) is 0 Å². The number of nitrogens with zero attached hydrogens (tertiary/aromatic N) is 4. The lowest BCUT2D eigenvalue weighted by Crippen LogP contribution is -2.38. The second-order valence-electron chi connectivity index (χ2n) is 10.1. The van der Waals surface area contributed by atoms with Crippen molar-refractivity contribution in [3.63, 3.8) is 0 Å². The molecule has 1 fully saturated rings. The molecule has 9 nitrogen and oxygen atoms in total. The molecule has 0 bridgehead atoms. The molecule has 0 radical (unpaired) electrons. The molecule has 0 unspecified atom stereocenters. The molecule has 1 amide bonds. The summed E-state index contributed by atoms with van der Waals surface area (Å²) in [5.74, 6) is -0.434. The summed E-state index contributed by atoms with van der Waals surface area (Å²) in [4.78, 5) is 34.2. The molecule has 0 saturated heterocycles. The van der Waals surface area contributed by atoms with Gasteiger partial charge in [-0.1, -0.05) is 11.6 Å². The Balaban J connectivity index is 1.29. The highest BCUT2D eigenvalue weighted by atomic mass is 35.5. The van der Waals surface area contributed by atoms with Gasteiger partial charge in [0, 0.05) is 28.4 Å². The van der Waals surface area contributed by atoms with Crippen molar-refractivity contribution >= 4 is 34.4 Å². The van der Waals surface area contributed by atoms with Crippen LogP contribution in [0.15, 0.2) is 48.9 Å². The van der Waals surface area contributed by atoms with Crippen molar-refractivity contribution in [2.45, 2.75) is 51.6 Å². The SMILES string of the molecule is CCOC(=O)CC1CCC(NC(=O)c2cc(Cl)cc3cnn(Cc4cnc(-c5ccc(OC)c(F)c5)cn4)c23)CC1. The number of carbonyl (C=O) groups is 2. The molecular weight excluding hydrogens is 549 g/mol. The monoisotopic (exact) mass is 579 g/mol. The molecule has 11 heteroatoms. The first kappa shape index (κ1) is 28.5. The summed E-state index contributed by atoms with van der Waals surface area (Å²) in [6, 6.07) is 8.04. The molecule has 1 aliphatic rings. The number of nitrogens with one attached hydrogen (secondary N) is 1. The van der Waals surface area contributed by atoms with E-state index in [1.807, 2.05) is 0 Å². The Bertz CT molecular complexity index is 1550. The molecule has 2 aromatic carbocycles. The molecule has 5 rings (SSSR count). The van der Waals surface area contributed by atoms with Crippen LogP contribution in [-0.2, 0) is 16.1 Å². The Kier molecular flexibility index (Phi) is 8.78. The quantitative estimate of drug-likeness (QED) is 0.258. The molecule has 2 heterocycles. The molecule has 1 saturated carbocycles. The summed E-state index contributed by atoms with van der Waals surface area (Å²) in [5.41, 5.74) is 2.79. The number of methoxy groups -OCH3 is 1. The Labute approximate surface area is 242 Å². The summed E-state index contributed by atoms with van der Waals surface area (Å²) in [7, 11) is 1.41. The van der Waals surface area contributed by atoms with Crippen molar-refractivity contribution < 1.29 is 23.5 Å². The average molecular weight is 580 g/mol. The van der Waals surface area contributed by atoms with E-state index in [0.717, 1.165) is 31.1 Å². The van der Waals surface area contributed by atoms with Gasteiger partial charge in [-0.3, -0.25) is 24.2 Å². The molecule has 41 heavy (non-hydrogen) atoms. The van der Waals surface area contributed by atoms with Gasteiger partial charge >= 0.3 is 5.97 Å². The van der Waals surface area contributed by atoms with Gasteiger partial charge in [-0.25, -0.2) is 4.39 Å². The Morgan fingerprint density at radius 2 is 1.90 bits per heavy atom. The maximum atomic E-state index is 14.1. The third-order valence-electron chi connectivity index (χ3n) is 7.35. The number of halogens is 2. The molecule has 1 N–H and O–H groups in total. The Morgan fingerprint density at radius 1 is 1.10 bits per heavy atom. The fourth-order valence-electron chi connectivity index (χ4n) is 5.28. The first-order chi connectivity index (χ1) is 19.8.